The summed E-state index contributed by atoms with van der Waals surface area (Å²) < 4.78 is 12.4. The van der Waals surface area contributed by atoms with Crippen LogP contribution in [0.3, 0.4) is 0 Å². The molecule has 4 rings (SSSR count). The van der Waals surface area contributed by atoms with Crippen molar-refractivity contribution >= 4 is 27.3 Å². The summed E-state index contributed by atoms with van der Waals surface area (Å²) in [5.41, 5.74) is 2.98. The maximum Gasteiger partial charge on any atom is 0.264 e. The fraction of sp³-hybridized carbons (Fsp3) is 0.200. The van der Waals surface area contributed by atoms with Gasteiger partial charge in [0.2, 0.25) is 10.1 Å². The third-order valence-corrected chi connectivity index (χ3v) is 5.09. The van der Waals surface area contributed by atoms with Crippen LogP contribution in [0.5, 0.6) is 11.5 Å². The first-order valence-corrected chi connectivity index (χ1v) is 9.72. The summed E-state index contributed by atoms with van der Waals surface area (Å²) in [5.74, 6) is 1.74. The highest BCUT2D eigenvalue weighted by molar-refractivity contribution is 7.20. The van der Waals surface area contributed by atoms with Crippen molar-refractivity contribution in [3.8, 4) is 22.9 Å². The average molecular weight is 409 g/mol. The van der Waals surface area contributed by atoms with E-state index in [1.807, 2.05) is 56.3 Å². The molecule has 9 heteroatoms. The maximum atomic E-state index is 12.3. The number of ether oxygens (including phenoxy) is 2. The lowest BCUT2D eigenvalue weighted by Gasteiger charge is -2.09. The first-order valence-electron chi connectivity index (χ1n) is 8.90. The number of fused-ring (bicyclic) bond motifs is 1. The summed E-state index contributed by atoms with van der Waals surface area (Å²) in [5, 5.41) is 15.9. The van der Waals surface area contributed by atoms with Crippen molar-refractivity contribution < 1.29 is 14.3 Å². The van der Waals surface area contributed by atoms with Gasteiger partial charge in [0, 0.05) is 5.56 Å². The Balaban J connectivity index is 1.45. The molecule has 0 bridgehead atoms. The third-order valence-electron chi connectivity index (χ3n) is 4.27. The number of hydrogen-bond acceptors (Lipinski definition) is 7. The van der Waals surface area contributed by atoms with E-state index in [1.54, 1.807) is 11.6 Å². The molecule has 0 radical (unpaired) electrons. The molecule has 8 nitrogen and oxygen atoms in total. The molecule has 0 spiro atoms. The number of benzene rings is 2. The summed E-state index contributed by atoms with van der Waals surface area (Å²) >= 11 is 1.24. The molecule has 1 amide bonds. The van der Waals surface area contributed by atoms with E-state index in [2.05, 4.69) is 20.6 Å². The first kappa shape index (κ1) is 18.9. The average Bonchev–Trinajstić information content (AvgIpc) is 3.27. The second-order valence-corrected chi connectivity index (χ2v) is 7.42. The van der Waals surface area contributed by atoms with Gasteiger partial charge in [0.15, 0.2) is 12.4 Å². The Kier molecular flexibility index (Phi) is 5.13. The number of carbonyl (C=O) groups is 1. The van der Waals surface area contributed by atoms with E-state index in [0.29, 0.717) is 21.7 Å². The molecule has 0 aliphatic carbocycles. The van der Waals surface area contributed by atoms with Crippen molar-refractivity contribution in [2.75, 3.05) is 19.0 Å². The van der Waals surface area contributed by atoms with Gasteiger partial charge in [-0.05, 0) is 49.7 Å². The molecule has 0 unspecified atom stereocenters. The molecule has 2 aromatic carbocycles. The molecule has 0 fully saturated rings. The van der Waals surface area contributed by atoms with Crippen molar-refractivity contribution in [3.63, 3.8) is 0 Å². The number of amides is 1. The number of aromatic nitrogens is 4. The second kappa shape index (κ2) is 7.88. The fourth-order valence-electron chi connectivity index (χ4n) is 2.85. The Labute approximate surface area is 171 Å². The van der Waals surface area contributed by atoms with Gasteiger partial charge in [0.1, 0.15) is 11.5 Å². The topological polar surface area (TPSA) is 90.6 Å². The molecule has 0 aliphatic rings. The zero-order valence-electron chi connectivity index (χ0n) is 16.2. The van der Waals surface area contributed by atoms with E-state index in [0.717, 1.165) is 22.4 Å². The molecule has 2 heterocycles. The molecule has 29 heavy (non-hydrogen) atoms. The molecule has 0 aliphatic heterocycles. The highest BCUT2D eigenvalue weighted by Gasteiger charge is 2.15. The summed E-state index contributed by atoms with van der Waals surface area (Å²) in [7, 11) is 1.61. The Hall–Kier alpha value is -3.46. The molecule has 4 aromatic rings. The number of anilines is 1. The van der Waals surface area contributed by atoms with Crippen molar-refractivity contribution in [2.45, 2.75) is 13.8 Å². The van der Waals surface area contributed by atoms with Crippen molar-refractivity contribution in [1.29, 1.82) is 0 Å². The normalized spacial score (nSPS) is 10.9. The molecule has 2 aromatic heterocycles. The van der Waals surface area contributed by atoms with Crippen LogP contribution in [-0.2, 0) is 4.79 Å². The number of nitrogens with one attached hydrogen (secondary N) is 1. The van der Waals surface area contributed by atoms with Crippen molar-refractivity contribution in [1.82, 2.24) is 19.8 Å². The highest BCUT2D eigenvalue weighted by Crippen LogP contribution is 2.25. The van der Waals surface area contributed by atoms with Gasteiger partial charge in [-0.3, -0.25) is 10.1 Å². The SMILES string of the molecule is COc1ccc(-c2nnc3sc(NC(=O)COc4ccc(C)cc4C)nn23)cc1. The number of nitrogens with zero attached hydrogens (tertiary/aromatic N) is 4. The van der Waals surface area contributed by atoms with Gasteiger partial charge in [-0.15, -0.1) is 15.3 Å². The second-order valence-electron chi connectivity index (χ2n) is 6.46. The summed E-state index contributed by atoms with van der Waals surface area (Å²) in [6.45, 7) is 3.86. The van der Waals surface area contributed by atoms with Gasteiger partial charge in [0.05, 0.1) is 7.11 Å². The number of hydrogen-bond donors (Lipinski definition) is 1. The van der Waals surface area contributed by atoms with Crippen LogP contribution in [0.1, 0.15) is 11.1 Å². The van der Waals surface area contributed by atoms with Gasteiger partial charge in [-0.25, -0.2) is 0 Å². The van der Waals surface area contributed by atoms with Gasteiger partial charge >= 0.3 is 0 Å². The number of methoxy groups -OCH3 is 1. The van der Waals surface area contributed by atoms with Gasteiger partial charge < -0.3 is 9.47 Å². The van der Waals surface area contributed by atoms with Gasteiger partial charge in [-0.1, -0.05) is 29.0 Å². The minimum atomic E-state index is -0.291. The molecule has 0 atom stereocenters. The minimum Gasteiger partial charge on any atom is -0.497 e. The predicted octanol–water partition coefficient (Wildman–Crippen LogP) is 3.50. The van der Waals surface area contributed by atoms with Crippen molar-refractivity contribution in [2.24, 2.45) is 0 Å². The van der Waals surface area contributed by atoms with Crippen LogP contribution in [0.25, 0.3) is 16.3 Å². The zero-order chi connectivity index (χ0) is 20.4. The van der Waals surface area contributed by atoms with Crippen LogP contribution >= 0.6 is 11.3 Å². The zero-order valence-corrected chi connectivity index (χ0v) is 17.0. The molecule has 1 N–H and O–H groups in total. The van der Waals surface area contributed by atoms with E-state index in [4.69, 9.17) is 9.47 Å². The van der Waals surface area contributed by atoms with E-state index in [1.165, 1.54) is 11.3 Å². The third kappa shape index (κ3) is 4.04. The maximum absolute atomic E-state index is 12.3. The molecule has 0 saturated heterocycles. The van der Waals surface area contributed by atoms with Crippen LogP contribution in [0.2, 0.25) is 0 Å². The molecular formula is C20H19N5O3S. The summed E-state index contributed by atoms with van der Waals surface area (Å²) in [6, 6.07) is 13.3. The van der Waals surface area contributed by atoms with Crippen LogP contribution < -0.4 is 14.8 Å². The lowest BCUT2D eigenvalue weighted by molar-refractivity contribution is -0.118. The summed E-state index contributed by atoms with van der Waals surface area (Å²) in [4.78, 5) is 12.8. The van der Waals surface area contributed by atoms with Crippen LogP contribution in [0, 0.1) is 13.8 Å². The van der Waals surface area contributed by atoms with Gasteiger partial charge in [-0.2, -0.15) is 4.52 Å². The van der Waals surface area contributed by atoms with E-state index in [9.17, 15) is 4.79 Å². The Morgan fingerprint density at radius 3 is 2.66 bits per heavy atom. The first-order chi connectivity index (χ1) is 14.0. The monoisotopic (exact) mass is 409 g/mol. The predicted molar refractivity (Wildman–Crippen MR) is 111 cm³/mol. The Morgan fingerprint density at radius 1 is 1.14 bits per heavy atom. The van der Waals surface area contributed by atoms with Crippen LogP contribution in [0.15, 0.2) is 42.5 Å². The molecule has 0 saturated carbocycles. The van der Waals surface area contributed by atoms with E-state index in [-0.39, 0.29) is 12.5 Å². The highest BCUT2D eigenvalue weighted by atomic mass is 32.1. The lowest BCUT2D eigenvalue weighted by Crippen LogP contribution is -2.20. The largest absolute Gasteiger partial charge is 0.497 e. The van der Waals surface area contributed by atoms with Gasteiger partial charge in [0.25, 0.3) is 5.91 Å². The quantitative estimate of drug-likeness (QED) is 0.524. The number of aryl methyl sites for hydroxylation is 2. The minimum absolute atomic E-state index is 0.102. The van der Waals surface area contributed by atoms with E-state index < -0.39 is 0 Å². The fourth-order valence-corrected chi connectivity index (χ4v) is 3.60. The lowest BCUT2D eigenvalue weighted by atomic mass is 10.1. The Morgan fingerprint density at radius 2 is 1.93 bits per heavy atom. The number of rotatable bonds is 6. The summed E-state index contributed by atoms with van der Waals surface area (Å²) in [6.07, 6.45) is 0. The van der Waals surface area contributed by atoms with Crippen LogP contribution in [-0.4, -0.2) is 39.4 Å². The van der Waals surface area contributed by atoms with E-state index >= 15 is 0 Å². The number of carbonyl (C=O) groups excluding carboxylic acids is 1. The standard InChI is InChI=1S/C20H19N5O3S/c1-12-4-9-16(13(2)10-12)28-11-17(26)21-19-24-25-18(22-23-20(25)29-19)14-5-7-15(27-3)8-6-14/h4-10H,11H2,1-3H3,(H,21,24,26). The van der Waals surface area contributed by atoms with Crippen LogP contribution in [0.4, 0.5) is 5.13 Å². The smallest absolute Gasteiger partial charge is 0.264 e. The molecular weight excluding hydrogens is 390 g/mol. The van der Waals surface area contributed by atoms with Crippen molar-refractivity contribution in [3.05, 3.63) is 53.6 Å². The molecule has 148 valence electrons. The Bertz CT molecular complexity index is 1170.